The second-order valence-electron chi connectivity index (χ2n) is 6.56. The molecule has 1 rings (SSSR count). The van der Waals surface area contributed by atoms with Crippen LogP contribution in [0.5, 0.6) is 0 Å². The lowest BCUT2D eigenvalue weighted by molar-refractivity contribution is -0.143. The summed E-state index contributed by atoms with van der Waals surface area (Å²) in [5.74, 6) is 0.648. The van der Waals surface area contributed by atoms with Crippen LogP contribution in [0.4, 0.5) is 0 Å². The van der Waals surface area contributed by atoms with Crippen molar-refractivity contribution in [2.75, 3.05) is 32.8 Å². The predicted molar refractivity (Wildman–Crippen MR) is 112 cm³/mol. The van der Waals surface area contributed by atoms with E-state index in [0.29, 0.717) is 19.6 Å². The number of carbonyl (C=O) groups excluding carboxylic acids is 1. The minimum absolute atomic E-state index is 0. The molecule has 148 valence electrons. The molecular formula is C18H36IN3O3. The fourth-order valence-electron chi connectivity index (χ4n) is 3.29. The Morgan fingerprint density at radius 2 is 1.92 bits per heavy atom. The van der Waals surface area contributed by atoms with Gasteiger partial charge in [-0.1, -0.05) is 19.3 Å². The van der Waals surface area contributed by atoms with Crippen molar-refractivity contribution < 1.29 is 14.6 Å². The fourth-order valence-corrected chi connectivity index (χ4v) is 3.29. The third-order valence-corrected chi connectivity index (χ3v) is 4.63. The van der Waals surface area contributed by atoms with Gasteiger partial charge >= 0.3 is 5.97 Å². The summed E-state index contributed by atoms with van der Waals surface area (Å²) in [4.78, 5) is 16.1. The summed E-state index contributed by atoms with van der Waals surface area (Å²) in [5.41, 5.74) is 0.153. The van der Waals surface area contributed by atoms with Gasteiger partial charge in [0.1, 0.15) is 0 Å². The molecule has 0 unspecified atom stereocenters. The molecule has 1 aliphatic carbocycles. The van der Waals surface area contributed by atoms with Gasteiger partial charge in [-0.15, -0.1) is 24.0 Å². The van der Waals surface area contributed by atoms with E-state index in [1.54, 1.807) is 0 Å². The van der Waals surface area contributed by atoms with Crippen molar-refractivity contribution in [2.45, 2.75) is 65.2 Å². The molecule has 0 atom stereocenters. The lowest BCUT2D eigenvalue weighted by Crippen LogP contribution is -2.39. The van der Waals surface area contributed by atoms with Gasteiger partial charge in [-0.05, 0) is 44.9 Å². The lowest BCUT2D eigenvalue weighted by atomic mass is 9.72. The van der Waals surface area contributed by atoms with Crippen LogP contribution in [0.15, 0.2) is 4.99 Å². The van der Waals surface area contributed by atoms with Gasteiger partial charge in [0.15, 0.2) is 5.96 Å². The average Bonchev–Trinajstić information content (AvgIpc) is 2.58. The Balaban J connectivity index is 0.00000576. The van der Waals surface area contributed by atoms with E-state index >= 15 is 0 Å². The monoisotopic (exact) mass is 469 g/mol. The summed E-state index contributed by atoms with van der Waals surface area (Å²) >= 11 is 0. The minimum Gasteiger partial charge on any atom is -0.466 e. The van der Waals surface area contributed by atoms with E-state index in [-0.39, 0.29) is 42.0 Å². The standard InChI is InChI=1S/C18H35N3O3.HI/c1-3-19-17(20-13-8-9-16(23)24-4-2)21-15-18(12-14-22)10-6-5-7-11-18;/h22H,3-15H2,1-2H3,(H2,19,20,21);1H. The van der Waals surface area contributed by atoms with Crippen molar-refractivity contribution in [1.29, 1.82) is 0 Å². The SMILES string of the molecule is CCNC(=NCC1(CCO)CCCCC1)NCCCC(=O)OCC.I. The molecule has 25 heavy (non-hydrogen) atoms. The Bertz CT molecular complexity index is 380. The maximum Gasteiger partial charge on any atom is 0.305 e. The molecule has 1 saturated carbocycles. The molecular weight excluding hydrogens is 433 g/mol. The summed E-state index contributed by atoms with van der Waals surface area (Å²) in [6, 6.07) is 0. The number of aliphatic hydroxyl groups is 1. The van der Waals surface area contributed by atoms with Crippen LogP contribution in [0.3, 0.4) is 0 Å². The Hall–Kier alpha value is -0.570. The number of nitrogens with one attached hydrogen (secondary N) is 2. The van der Waals surface area contributed by atoms with Gasteiger partial charge in [-0.2, -0.15) is 0 Å². The summed E-state index contributed by atoms with van der Waals surface area (Å²) in [6.45, 7) is 6.77. The van der Waals surface area contributed by atoms with Crippen molar-refractivity contribution in [1.82, 2.24) is 10.6 Å². The van der Waals surface area contributed by atoms with Crippen LogP contribution in [0.2, 0.25) is 0 Å². The van der Waals surface area contributed by atoms with Gasteiger partial charge in [0.2, 0.25) is 0 Å². The normalized spacial score (nSPS) is 16.7. The minimum atomic E-state index is -0.148. The molecule has 7 heteroatoms. The number of guanidine groups is 1. The number of halogens is 1. The molecule has 1 aliphatic rings. The van der Waals surface area contributed by atoms with Gasteiger partial charge < -0.3 is 20.5 Å². The smallest absolute Gasteiger partial charge is 0.305 e. The largest absolute Gasteiger partial charge is 0.466 e. The molecule has 0 aromatic rings. The first-order valence-electron chi connectivity index (χ1n) is 9.44. The van der Waals surface area contributed by atoms with Gasteiger partial charge in [0.25, 0.3) is 0 Å². The van der Waals surface area contributed by atoms with E-state index in [2.05, 4.69) is 10.6 Å². The van der Waals surface area contributed by atoms with Gasteiger partial charge in [-0.3, -0.25) is 9.79 Å². The third kappa shape index (κ3) is 10.2. The van der Waals surface area contributed by atoms with Crippen molar-refractivity contribution >= 4 is 35.9 Å². The fraction of sp³-hybridized carbons (Fsp3) is 0.889. The molecule has 6 nitrogen and oxygen atoms in total. The highest BCUT2D eigenvalue weighted by molar-refractivity contribution is 14.0. The van der Waals surface area contributed by atoms with Crippen LogP contribution in [-0.4, -0.2) is 49.9 Å². The molecule has 3 N–H and O–H groups in total. The number of aliphatic hydroxyl groups excluding tert-OH is 1. The van der Waals surface area contributed by atoms with Gasteiger partial charge in [0.05, 0.1) is 6.61 Å². The second-order valence-corrected chi connectivity index (χ2v) is 6.56. The topological polar surface area (TPSA) is 83.0 Å². The van der Waals surface area contributed by atoms with E-state index in [0.717, 1.165) is 44.7 Å². The second kappa shape index (κ2) is 14.6. The summed E-state index contributed by atoms with van der Waals surface area (Å²) in [7, 11) is 0. The quantitative estimate of drug-likeness (QED) is 0.151. The number of rotatable bonds is 10. The first-order valence-corrected chi connectivity index (χ1v) is 9.44. The zero-order valence-electron chi connectivity index (χ0n) is 15.8. The molecule has 0 heterocycles. The molecule has 0 aromatic heterocycles. The highest BCUT2D eigenvalue weighted by Crippen LogP contribution is 2.39. The molecule has 0 spiro atoms. The molecule has 0 bridgehead atoms. The van der Waals surface area contributed by atoms with Crippen molar-refractivity contribution in [3.8, 4) is 0 Å². The lowest BCUT2D eigenvalue weighted by Gasteiger charge is -2.35. The number of carbonyl (C=O) groups is 1. The zero-order chi connectivity index (χ0) is 17.7. The van der Waals surface area contributed by atoms with E-state index in [4.69, 9.17) is 9.73 Å². The van der Waals surface area contributed by atoms with Gasteiger partial charge in [-0.25, -0.2) is 0 Å². The van der Waals surface area contributed by atoms with Crippen LogP contribution >= 0.6 is 24.0 Å². The Morgan fingerprint density at radius 3 is 2.52 bits per heavy atom. The Morgan fingerprint density at radius 1 is 1.20 bits per heavy atom. The first-order chi connectivity index (χ1) is 11.7. The van der Waals surface area contributed by atoms with E-state index in [1.807, 2.05) is 13.8 Å². The van der Waals surface area contributed by atoms with Crippen LogP contribution in [0.25, 0.3) is 0 Å². The number of ether oxygens (including phenoxy) is 1. The Kier molecular flexibility index (Phi) is 14.3. The highest BCUT2D eigenvalue weighted by atomic mass is 127. The molecule has 0 saturated heterocycles. The molecule has 0 radical (unpaired) electrons. The highest BCUT2D eigenvalue weighted by Gasteiger charge is 2.31. The first kappa shape index (κ1) is 24.4. The molecule has 0 aromatic carbocycles. The van der Waals surface area contributed by atoms with Crippen molar-refractivity contribution in [3.63, 3.8) is 0 Å². The molecule has 0 aliphatic heterocycles. The summed E-state index contributed by atoms with van der Waals surface area (Å²) in [6.07, 6.45) is 8.05. The van der Waals surface area contributed by atoms with Crippen LogP contribution in [0, 0.1) is 5.41 Å². The number of nitrogens with zero attached hydrogens (tertiary/aromatic N) is 1. The van der Waals surface area contributed by atoms with Gasteiger partial charge in [0, 0.05) is 32.7 Å². The maximum absolute atomic E-state index is 11.3. The summed E-state index contributed by atoms with van der Waals surface area (Å²) < 4.78 is 4.93. The van der Waals surface area contributed by atoms with Crippen LogP contribution < -0.4 is 10.6 Å². The maximum atomic E-state index is 11.3. The van der Waals surface area contributed by atoms with Crippen molar-refractivity contribution in [3.05, 3.63) is 0 Å². The number of aliphatic imine (C=N–C) groups is 1. The molecule has 0 amide bonds. The van der Waals surface area contributed by atoms with E-state index in [9.17, 15) is 9.90 Å². The average molecular weight is 469 g/mol. The number of hydrogen-bond donors (Lipinski definition) is 3. The number of esters is 1. The van der Waals surface area contributed by atoms with Crippen molar-refractivity contribution in [2.24, 2.45) is 10.4 Å². The summed E-state index contributed by atoms with van der Waals surface area (Å²) in [5, 5.41) is 15.9. The van der Waals surface area contributed by atoms with E-state index in [1.165, 1.54) is 19.3 Å². The van der Waals surface area contributed by atoms with Crippen LogP contribution in [0.1, 0.15) is 65.2 Å². The van der Waals surface area contributed by atoms with E-state index < -0.39 is 0 Å². The zero-order valence-corrected chi connectivity index (χ0v) is 18.1. The Labute approximate surface area is 169 Å². The number of hydrogen-bond acceptors (Lipinski definition) is 4. The predicted octanol–water partition coefficient (Wildman–Crippen LogP) is 2.84. The molecule has 1 fully saturated rings. The third-order valence-electron chi connectivity index (χ3n) is 4.63. The van der Waals surface area contributed by atoms with Crippen LogP contribution in [-0.2, 0) is 9.53 Å².